The molecule has 72 valence electrons. The first-order valence-corrected chi connectivity index (χ1v) is 7.83. The molecule has 0 saturated carbocycles. The number of rotatable bonds is 2. The van der Waals surface area contributed by atoms with Gasteiger partial charge in [-0.15, -0.1) is 22.7 Å². The molecule has 0 nitrogen and oxygen atoms in total. The van der Waals surface area contributed by atoms with E-state index in [-0.39, 0.29) is 0 Å². The smallest absolute Gasteiger partial charge is 0.0404 e. The molecule has 0 aliphatic rings. The van der Waals surface area contributed by atoms with E-state index in [2.05, 4.69) is 80.2 Å². The summed E-state index contributed by atoms with van der Waals surface area (Å²) in [7, 11) is 0. The lowest BCUT2D eigenvalue weighted by Crippen LogP contribution is -1.68. The molecule has 0 atom stereocenters. The second-order valence-corrected chi connectivity index (χ2v) is 6.82. The number of hydrogen-bond acceptors (Lipinski definition) is 2. The topological polar surface area (TPSA) is 0 Å². The average Bonchev–Trinajstić information content (AvgIpc) is 2.72. The van der Waals surface area contributed by atoms with Crippen LogP contribution in [0.3, 0.4) is 0 Å². The first-order valence-electron chi connectivity index (χ1n) is 3.91. The van der Waals surface area contributed by atoms with E-state index >= 15 is 0 Å². The standard InChI is InChI=1S/C10H6I2S2/c11-7-3-5-13-9(7)1-2-10-8(12)4-6-14-10/h1-6H. The van der Waals surface area contributed by atoms with E-state index in [0.29, 0.717) is 0 Å². The van der Waals surface area contributed by atoms with E-state index in [1.807, 2.05) is 0 Å². The van der Waals surface area contributed by atoms with Crippen molar-refractivity contribution in [3.63, 3.8) is 0 Å². The summed E-state index contributed by atoms with van der Waals surface area (Å²) in [5, 5.41) is 4.25. The van der Waals surface area contributed by atoms with Gasteiger partial charge in [0.05, 0.1) is 0 Å². The highest BCUT2D eigenvalue weighted by molar-refractivity contribution is 14.1. The van der Waals surface area contributed by atoms with Crippen molar-refractivity contribution in [1.29, 1.82) is 0 Å². The molecule has 0 aliphatic heterocycles. The monoisotopic (exact) mass is 444 g/mol. The van der Waals surface area contributed by atoms with Crippen molar-refractivity contribution in [2.45, 2.75) is 0 Å². The van der Waals surface area contributed by atoms with Crippen LogP contribution >= 0.6 is 67.9 Å². The number of thiophene rings is 2. The van der Waals surface area contributed by atoms with Crippen LogP contribution in [0, 0.1) is 7.14 Å². The van der Waals surface area contributed by atoms with Crippen molar-refractivity contribution >= 4 is 80.0 Å². The molecule has 2 aromatic rings. The molecular formula is C10H6I2S2. The molecule has 0 aliphatic carbocycles. The molecule has 0 aromatic carbocycles. The maximum absolute atomic E-state index is 2.37. The molecule has 14 heavy (non-hydrogen) atoms. The van der Waals surface area contributed by atoms with Crippen LogP contribution in [0.5, 0.6) is 0 Å². The van der Waals surface area contributed by atoms with E-state index in [0.717, 1.165) is 0 Å². The van der Waals surface area contributed by atoms with Crippen molar-refractivity contribution in [2.24, 2.45) is 0 Å². The van der Waals surface area contributed by atoms with Crippen molar-refractivity contribution in [1.82, 2.24) is 0 Å². The van der Waals surface area contributed by atoms with Crippen LogP contribution in [0.25, 0.3) is 12.2 Å². The summed E-state index contributed by atoms with van der Waals surface area (Å²) in [6.07, 6.45) is 4.39. The van der Waals surface area contributed by atoms with Gasteiger partial charge in [-0.05, 0) is 80.2 Å². The first-order chi connectivity index (χ1) is 6.77. The second-order valence-electron chi connectivity index (χ2n) is 2.60. The third-order valence-corrected chi connectivity index (χ3v) is 6.05. The maximum Gasteiger partial charge on any atom is 0.0404 e. The van der Waals surface area contributed by atoms with Gasteiger partial charge in [0, 0.05) is 16.9 Å². The zero-order valence-electron chi connectivity index (χ0n) is 7.04. The Bertz CT molecular complexity index is 412. The minimum absolute atomic E-state index is 1.33. The Hall–Kier alpha value is 0.600. The van der Waals surface area contributed by atoms with Gasteiger partial charge in [0.1, 0.15) is 0 Å². The van der Waals surface area contributed by atoms with Crippen molar-refractivity contribution in [2.75, 3.05) is 0 Å². The van der Waals surface area contributed by atoms with Crippen LogP contribution < -0.4 is 0 Å². The summed E-state index contributed by atoms with van der Waals surface area (Å²) in [5.41, 5.74) is 0. The van der Waals surface area contributed by atoms with E-state index < -0.39 is 0 Å². The molecule has 0 fully saturated rings. The molecule has 2 rings (SSSR count). The Labute approximate surface area is 118 Å². The van der Waals surface area contributed by atoms with E-state index in [1.54, 1.807) is 22.7 Å². The van der Waals surface area contributed by atoms with Gasteiger partial charge >= 0.3 is 0 Å². The second kappa shape index (κ2) is 5.09. The molecular weight excluding hydrogens is 438 g/mol. The van der Waals surface area contributed by atoms with Gasteiger partial charge < -0.3 is 0 Å². The minimum Gasteiger partial charge on any atom is -0.143 e. The Kier molecular flexibility index (Phi) is 4.03. The lowest BCUT2D eigenvalue weighted by atomic mass is 10.4. The van der Waals surface area contributed by atoms with Crippen LogP contribution in [-0.2, 0) is 0 Å². The fourth-order valence-electron chi connectivity index (χ4n) is 1.00. The normalized spacial score (nSPS) is 11.3. The van der Waals surface area contributed by atoms with Gasteiger partial charge in [-0.25, -0.2) is 0 Å². The molecule has 0 spiro atoms. The van der Waals surface area contributed by atoms with Crippen molar-refractivity contribution in [3.05, 3.63) is 39.8 Å². The van der Waals surface area contributed by atoms with E-state index in [9.17, 15) is 0 Å². The fourth-order valence-corrected chi connectivity index (χ4v) is 4.33. The zero-order valence-corrected chi connectivity index (χ0v) is 13.0. The lowest BCUT2D eigenvalue weighted by Gasteiger charge is -1.89. The van der Waals surface area contributed by atoms with Gasteiger partial charge in [-0.3, -0.25) is 0 Å². The first kappa shape index (κ1) is 11.1. The van der Waals surface area contributed by atoms with Crippen LogP contribution in [0.15, 0.2) is 22.9 Å². The summed E-state index contributed by atoms with van der Waals surface area (Å²) < 4.78 is 2.66. The van der Waals surface area contributed by atoms with Gasteiger partial charge in [-0.1, -0.05) is 0 Å². The van der Waals surface area contributed by atoms with Gasteiger partial charge in [-0.2, -0.15) is 0 Å². The Balaban J connectivity index is 2.23. The van der Waals surface area contributed by atoms with Gasteiger partial charge in [0.25, 0.3) is 0 Å². The number of hydrogen-bond donors (Lipinski definition) is 0. The molecule has 0 N–H and O–H groups in total. The third kappa shape index (κ3) is 2.59. The largest absolute Gasteiger partial charge is 0.143 e. The molecule has 0 saturated heterocycles. The fraction of sp³-hybridized carbons (Fsp3) is 0. The maximum atomic E-state index is 2.37. The Morgan fingerprint density at radius 2 is 1.29 bits per heavy atom. The van der Waals surface area contributed by atoms with E-state index in [4.69, 9.17) is 0 Å². The zero-order chi connectivity index (χ0) is 9.97. The molecule has 0 amide bonds. The summed E-state index contributed by atoms with van der Waals surface area (Å²) in [6.45, 7) is 0. The van der Waals surface area contributed by atoms with Crippen LogP contribution in [-0.4, -0.2) is 0 Å². The van der Waals surface area contributed by atoms with E-state index in [1.165, 1.54) is 16.9 Å². The van der Waals surface area contributed by atoms with Crippen molar-refractivity contribution < 1.29 is 0 Å². The summed E-state index contributed by atoms with van der Waals surface area (Å²) in [4.78, 5) is 2.68. The van der Waals surface area contributed by atoms with Gasteiger partial charge in [0.15, 0.2) is 0 Å². The molecule has 0 bridgehead atoms. The minimum atomic E-state index is 1.33. The summed E-state index contributed by atoms with van der Waals surface area (Å²) >= 11 is 8.30. The highest BCUT2D eigenvalue weighted by Crippen LogP contribution is 2.24. The highest BCUT2D eigenvalue weighted by Gasteiger charge is 1.98. The molecule has 2 aromatic heterocycles. The SMILES string of the molecule is Ic1ccsc1C=Cc1sccc1I. The van der Waals surface area contributed by atoms with Crippen LogP contribution in [0.4, 0.5) is 0 Å². The molecule has 0 unspecified atom stereocenters. The molecule has 4 heteroatoms. The summed E-state index contributed by atoms with van der Waals surface area (Å²) in [5.74, 6) is 0. The number of halogens is 2. The predicted octanol–water partition coefficient (Wildman–Crippen LogP) is 5.19. The average molecular weight is 444 g/mol. The quantitative estimate of drug-likeness (QED) is 0.560. The highest BCUT2D eigenvalue weighted by atomic mass is 127. The predicted molar refractivity (Wildman–Crippen MR) is 83.0 cm³/mol. The molecule has 0 radical (unpaired) electrons. The summed E-state index contributed by atoms with van der Waals surface area (Å²) in [6, 6.07) is 4.29. The van der Waals surface area contributed by atoms with Gasteiger partial charge in [0.2, 0.25) is 0 Å². The Morgan fingerprint density at radius 1 is 0.857 bits per heavy atom. The van der Waals surface area contributed by atoms with Crippen LogP contribution in [0.2, 0.25) is 0 Å². The third-order valence-electron chi connectivity index (χ3n) is 1.68. The lowest BCUT2D eigenvalue weighted by molar-refractivity contribution is 1.81. The molecule has 2 heterocycles. The Morgan fingerprint density at radius 3 is 1.57 bits per heavy atom. The van der Waals surface area contributed by atoms with Crippen LogP contribution in [0.1, 0.15) is 9.75 Å². The van der Waals surface area contributed by atoms with Crippen molar-refractivity contribution in [3.8, 4) is 0 Å².